The van der Waals surface area contributed by atoms with Gasteiger partial charge in [0.25, 0.3) is 0 Å². The van der Waals surface area contributed by atoms with Gasteiger partial charge in [0.05, 0.1) is 5.02 Å². The van der Waals surface area contributed by atoms with Crippen LogP contribution in [0, 0.1) is 12.8 Å². The van der Waals surface area contributed by atoms with Gasteiger partial charge in [0.2, 0.25) is 10.0 Å². The number of hydrogen-bond acceptors (Lipinski definition) is 3. The maximum atomic E-state index is 12.1. The molecule has 0 aromatic heterocycles. The summed E-state index contributed by atoms with van der Waals surface area (Å²) >= 11 is 5.95. The Morgan fingerprint density at radius 3 is 2.59 bits per heavy atom. The van der Waals surface area contributed by atoms with Crippen molar-refractivity contribution in [3.05, 3.63) is 22.7 Å². The van der Waals surface area contributed by atoms with Gasteiger partial charge in [-0.15, -0.1) is 0 Å². The van der Waals surface area contributed by atoms with E-state index < -0.39 is 10.0 Å². The Hall–Kier alpha value is -0.780. The molecule has 1 saturated carbocycles. The van der Waals surface area contributed by atoms with Crippen LogP contribution in [-0.4, -0.2) is 14.5 Å². The van der Waals surface area contributed by atoms with Crippen LogP contribution in [0.15, 0.2) is 17.0 Å². The molecule has 3 N–H and O–H groups in total. The zero-order chi connectivity index (χ0) is 12.8. The Morgan fingerprint density at radius 2 is 2.06 bits per heavy atom. The van der Waals surface area contributed by atoms with Crippen molar-refractivity contribution < 1.29 is 8.42 Å². The number of sulfonamides is 1. The topological polar surface area (TPSA) is 72.2 Å². The Kier molecular flexibility index (Phi) is 3.10. The van der Waals surface area contributed by atoms with Crippen molar-refractivity contribution in [1.29, 1.82) is 0 Å². The summed E-state index contributed by atoms with van der Waals surface area (Å²) in [6.07, 6.45) is 0.873. The summed E-state index contributed by atoms with van der Waals surface area (Å²) in [6, 6.07) is 3.01. The zero-order valence-corrected chi connectivity index (χ0v) is 11.3. The van der Waals surface area contributed by atoms with Crippen molar-refractivity contribution in [1.82, 2.24) is 4.72 Å². The minimum Gasteiger partial charge on any atom is -0.398 e. The molecule has 1 aromatic carbocycles. The smallest absolute Gasteiger partial charge is 0.242 e. The van der Waals surface area contributed by atoms with Gasteiger partial charge in [-0.05, 0) is 37.0 Å². The van der Waals surface area contributed by atoms with E-state index in [4.69, 9.17) is 17.3 Å². The van der Waals surface area contributed by atoms with Crippen molar-refractivity contribution in [2.24, 2.45) is 5.92 Å². The molecule has 1 aliphatic rings. The molecular weight excluding hydrogens is 260 g/mol. The second-order valence-electron chi connectivity index (χ2n) is 4.58. The van der Waals surface area contributed by atoms with Crippen molar-refractivity contribution >= 4 is 27.3 Å². The van der Waals surface area contributed by atoms with Crippen LogP contribution in [0.1, 0.15) is 18.9 Å². The number of halogens is 1. The first-order valence-electron chi connectivity index (χ1n) is 5.39. The van der Waals surface area contributed by atoms with E-state index in [1.165, 1.54) is 6.07 Å². The largest absolute Gasteiger partial charge is 0.398 e. The molecule has 2 unspecified atom stereocenters. The van der Waals surface area contributed by atoms with Crippen LogP contribution >= 0.6 is 11.6 Å². The van der Waals surface area contributed by atoms with Crippen LogP contribution in [0.4, 0.5) is 5.69 Å². The number of anilines is 1. The van der Waals surface area contributed by atoms with Gasteiger partial charge in [0.1, 0.15) is 4.90 Å². The molecule has 17 heavy (non-hydrogen) atoms. The molecule has 0 bridgehead atoms. The predicted molar refractivity (Wildman–Crippen MR) is 68.5 cm³/mol. The highest BCUT2D eigenvalue weighted by molar-refractivity contribution is 7.89. The summed E-state index contributed by atoms with van der Waals surface area (Å²) in [4.78, 5) is 0.0568. The molecule has 6 heteroatoms. The fourth-order valence-corrected chi connectivity index (χ4v) is 3.60. The minimum absolute atomic E-state index is 0.0265. The number of hydrogen-bond donors (Lipinski definition) is 2. The maximum Gasteiger partial charge on any atom is 0.242 e. The van der Waals surface area contributed by atoms with Crippen LogP contribution < -0.4 is 10.5 Å². The molecular formula is C11H15ClN2O2S. The highest BCUT2D eigenvalue weighted by atomic mass is 35.5. The molecule has 0 saturated heterocycles. The quantitative estimate of drug-likeness (QED) is 0.827. The van der Waals surface area contributed by atoms with Crippen molar-refractivity contribution in [2.45, 2.75) is 31.2 Å². The van der Waals surface area contributed by atoms with Crippen molar-refractivity contribution in [2.75, 3.05) is 5.73 Å². The fourth-order valence-electron chi connectivity index (χ4n) is 1.62. The molecule has 1 aromatic rings. The van der Waals surface area contributed by atoms with Gasteiger partial charge in [-0.3, -0.25) is 0 Å². The first-order chi connectivity index (χ1) is 7.81. The molecule has 2 atom stereocenters. The molecule has 0 radical (unpaired) electrons. The summed E-state index contributed by atoms with van der Waals surface area (Å²) in [5, 5.41) is 0.206. The van der Waals surface area contributed by atoms with Gasteiger partial charge in [-0.2, -0.15) is 0 Å². The number of nitrogens with two attached hydrogens (primary N) is 1. The lowest BCUT2D eigenvalue weighted by Crippen LogP contribution is -2.27. The monoisotopic (exact) mass is 274 g/mol. The summed E-state index contributed by atoms with van der Waals surface area (Å²) < 4.78 is 26.7. The third kappa shape index (κ3) is 2.56. The number of nitrogen functional groups attached to an aromatic ring is 1. The molecule has 0 amide bonds. The third-order valence-electron chi connectivity index (χ3n) is 3.03. The molecule has 0 aliphatic heterocycles. The van der Waals surface area contributed by atoms with Crippen LogP contribution in [0.5, 0.6) is 0 Å². The SMILES string of the molecule is Cc1cc(Cl)c(S(=O)(=O)NC2CC2C)cc1N. The average Bonchev–Trinajstić information content (AvgIpc) is 2.86. The van der Waals surface area contributed by atoms with Crippen molar-refractivity contribution in [3.63, 3.8) is 0 Å². The lowest BCUT2D eigenvalue weighted by molar-refractivity contribution is 0.578. The van der Waals surface area contributed by atoms with E-state index in [0.29, 0.717) is 11.6 Å². The first kappa shape index (κ1) is 12.7. The Morgan fingerprint density at radius 1 is 1.47 bits per heavy atom. The molecule has 94 valence electrons. The van der Waals surface area contributed by atoms with Crippen LogP contribution in [0.25, 0.3) is 0 Å². The van der Waals surface area contributed by atoms with Gasteiger partial charge >= 0.3 is 0 Å². The standard InChI is InChI=1S/C11H15ClN2O2S/c1-6-3-8(12)11(5-9(6)13)17(15,16)14-10-4-7(10)2/h3,5,7,10,14H,4,13H2,1-2H3. The molecule has 1 aliphatic carbocycles. The molecule has 0 heterocycles. The first-order valence-corrected chi connectivity index (χ1v) is 7.25. The number of benzene rings is 1. The van der Waals surface area contributed by atoms with Crippen LogP contribution in [-0.2, 0) is 10.0 Å². The Bertz CT molecular complexity index is 557. The summed E-state index contributed by atoms with van der Waals surface area (Å²) in [6.45, 7) is 3.78. The number of aryl methyl sites for hydroxylation is 1. The normalized spacial score (nSPS) is 23.7. The van der Waals surface area contributed by atoms with E-state index in [9.17, 15) is 8.42 Å². The minimum atomic E-state index is -3.56. The molecule has 1 fully saturated rings. The van der Waals surface area contributed by atoms with E-state index >= 15 is 0 Å². The van der Waals surface area contributed by atoms with Crippen LogP contribution in [0.2, 0.25) is 5.02 Å². The van der Waals surface area contributed by atoms with Gasteiger partial charge in [0.15, 0.2) is 0 Å². The Labute approximate surface area is 106 Å². The second kappa shape index (κ2) is 4.15. The highest BCUT2D eigenvalue weighted by Gasteiger charge is 2.37. The van der Waals surface area contributed by atoms with E-state index in [2.05, 4.69) is 4.72 Å². The second-order valence-corrected chi connectivity index (χ2v) is 6.67. The molecule has 0 spiro atoms. The molecule has 4 nitrogen and oxygen atoms in total. The average molecular weight is 275 g/mol. The van der Waals surface area contributed by atoms with Crippen molar-refractivity contribution in [3.8, 4) is 0 Å². The molecule has 2 rings (SSSR count). The summed E-state index contributed by atoms with van der Waals surface area (Å²) in [5.74, 6) is 0.395. The van der Waals surface area contributed by atoms with E-state index in [-0.39, 0.29) is 16.0 Å². The fraction of sp³-hybridized carbons (Fsp3) is 0.455. The van der Waals surface area contributed by atoms with Crippen LogP contribution in [0.3, 0.4) is 0 Å². The number of nitrogens with one attached hydrogen (secondary N) is 1. The van der Waals surface area contributed by atoms with E-state index in [1.54, 1.807) is 13.0 Å². The predicted octanol–water partition coefficient (Wildman–Crippen LogP) is 1.92. The Balaban J connectivity index is 2.35. The zero-order valence-electron chi connectivity index (χ0n) is 9.70. The number of rotatable bonds is 3. The van der Waals surface area contributed by atoms with Gasteiger partial charge in [-0.25, -0.2) is 13.1 Å². The summed E-state index contributed by atoms with van der Waals surface area (Å²) in [7, 11) is -3.56. The third-order valence-corrected chi connectivity index (χ3v) is 4.98. The van der Waals surface area contributed by atoms with Gasteiger partial charge < -0.3 is 5.73 Å². The highest BCUT2D eigenvalue weighted by Crippen LogP contribution is 2.33. The maximum absolute atomic E-state index is 12.1. The van der Waals surface area contributed by atoms with E-state index in [1.807, 2.05) is 6.92 Å². The van der Waals surface area contributed by atoms with E-state index in [0.717, 1.165) is 12.0 Å². The van der Waals surface area contributed by atoms with Gasteiger partial charge in [0, 0.05) is 11.7 Å². The lowest BCUT2D eigenvalue weighted by atomic mass is 10.2. The summed E-state index contributed by atoms with van der Waals surface area (Å²) in [5.41, 5.74) is 6.91. The van der Waals surface area contributed by atoms with Gasteiger partial charge in [-0.1, -0.05) is 18.5 Å². The lowest BCUT2D eigenvalue weighted by Gasteiger charge is -2.10.